The maximum absolute atomic E-state index is 14.6. The fourth-order valence-electron chi connectivity index (χ4n) is 3.49. The number of likely N-dealkylation sites (tertiary alicyclic amines) is 1. The molecule has 0 aliphatic carbocycles. The minimum atomic E-state index is -0.357. The number of thiophene rings is 1. The van der Waals surface area contributed by atoms with E-state index in [1.54, 1.807) is 23.6 Å². The number of aromatic nitrogens is 4. The third-order valence-electron chi connectivity index (χ3n) is 4.82. The molecule has 146 valence electrons. The third kappa shape index (κ3) is 3.78. The highest BCUT2D eigenvalue weighted by Crippen LogP contribution is 2.32. The van der Waals surface area contributed by atoms with E-state index in [0.717, 1.165) is 25.9 Å². The summed E-state index contributed by atoms with van der Waals surface area (Å²) in [6, 6.07) is 6.13. The van der Waals surface area contributed by atoms with Crippen LogP contribution < -0.4 is 5.32 Å². The van der Waals surface area contributed by atoms with Gasteiger partial charge in [-0.25, -0.2) is 4.39 Å². The van der Waals surface area contributed by atoms with E-state index in [4.69, 9.17) is 11.6 Å². The molecule has 1 atom stereocenters. The second kappa shape index (κ2) is 8.34. The highest BCUT2D eigenvalue weighted by molar-refractivity contribution is 7.12. The SMILES string of the molecule is O=C(NCC(c1c(F)cccc1Cl)N1CCCC1)c1sccc1-n1cnnn1. The van der Waals surface area contributed by atoms with Crippen LogP contribution in [0.15, 0.2) is 36.0 Å². The Kier molecular flexibility index (Phi) is 5.65. The average molecular weight is 421 g/mol. The Hall–Kier alpha value is -2.36. The van der Waals surface area contributed by atoms with Gasteiger partial charge in [-0.1, -0.05) is 17.7 Å². The van der Waals surface area contributed by atoms with Gasteiger partial charge in [0.15, 0.2) is 0 Å². The first-order chi connectivity index (χ1) is 13.6. The van der Waals surface area contributed by atoms with Gasteiger partial charge in [-0.3, -0.25) is 9.69 Å². The molecule has 1 aliphatic rings. The lowest BCUT2D eigenvalue weighted by Crippen LogP contribution is -2.37. The molecule has 0 radical (unpaired) electrons. The zero-order chi connectivity index (χ0) is 19.5. The molecule has 1 aliphatic heterocycles. The Bertz CT molecular complexity index is 937. The lowest BCUT2D eigenvalue weighted by molar-refractivity contribution is 0.0941. The first-order valence-electron chi connectivity index (χ1n) is 8.92. The zero-order valence-electron chi connectivity index (χ0n) is 14.9. The number of halogens is 2. The van der Waals surface area contributed by atoms with Crippen molar-refractivity contribution in [1.29, 1.82) is 0 Å². The van der Waals surface area contributed by atoms with Crippen LogP contribution in [-0.4, -0.2) is 50.6 Å². The van der Waals surface area contributed by atoms with Crippen molar-refractivity contribution in [2.45, 2.75) is 18.9 Å². The molecule has 1 unspecified atom stereocenters. The molecular weight excluding hydrogens is 403 g/mol. The molecule has 1 aromatic carbocycles. The molecule has 2 aromatic heterocycles. The van der Waals surface area contributed by atoms with E-state index in [9.17, 15) is 9.18 Å². The van der Waals surface area contributed by atoms with Crippen molar-refractivity contribution < 1.29 is 9.18 Å². The van der Waals surface area contributed by atoms with Crippen LogP contribution in [0.25, 0.3) is 5.69 Å². The number of tetrazole rings is 1. The van der Waals surface area contributed by atoms with Gasteiger partial charge in [-0.2, -0.15) is 4.68 Å². The molecule has 3 heterocycles. The van der Waals surface area contributed by atoms with Gasteiger partial charge in [0.1, 0.15) is 17.0 Å². The molecule has 0 spiro atoms. The van der Waals surface area contributed by atoms with E-state index in [0.29, 0.717) is 21.2 Å². The number of rotatable bonds is 6. The largest absolute Gasteiger partial charge is 0.349 e. The minimum Gasteiger partial charge on any atom is -0.349 e. The molecule has 4 rings (SSSR count). The zero-order valence-corrected chi connectivity index (χ0v) is 16.5. The highest BCUT2D eigenvalue weighted by Gasteiger charge is 2.28. The van der Waals surface area contributed by atoms with E-state index in [2.05, 4.69) is 25.7 Å². The number of carbonyl (C=O) groups excluding carboxylic acids is 1. The van der Waals surface area contributed by atoms with Crippen molar-refractivity contribution in [3.63, 3.8) is 0 Å². The highest BCUT2D eigenvalue weighted by atomic mass is 35.5. The van der Waals surface area contributed by atoms with E-state index >= 15 is 0 Å². The molecule has 28 heavy (non-hydrogen) atoms. The third-order valence-corrected chi connectivity index (χ3v) is 6.05. The monoisotopic (exact) mass is 420 g/mol. The summed E-state index contributed by atoms with van der Waals surface area (Å²) in [4.78, 5) is 15.5. The van der Waals surface area contributed by atoms with Gasteiger partial charge in [0.2, 0.25) is 0 Å². The van der Waals surface area contributed by atoms with Crippen LogP contribution in [0.5, 0.6) is 0 Å². The molecule has 3 aromatic rings. The predicted octanol–water partition coefficient (Wildman–Crippen LogP) is 3.08. The number of hydrogen-bond acceptors (Lipinski definition) is 6. The van der Waals surface area contributed by atoms with Crippen LogP contribution in [-0.2, 0) is 0 Å². The first-order valence-corrected chi connectivity index (χ1v) is 10.2. The Balaban J connectivity index is 1.55. The van der Waals surface area contributed by atoms with Crippen molar-refractivity contribution in [3.8, 4) is 5.69 Å². The topological polar surface area (TPSA) is 75.9 Å². The smallest absolute Gasteiger partial charge is 0.263 e. The number of amides is 1. The maximum Gasteiger partial charge on any atom is 0.263 e. The summed E-state index contributed by atoms with van der Waals surface area (Å²) in [6.07, 6.45) is 3.53. The van der Waals surface area contributed by atoms with Crippen LogP contribution in [0.3, 0.4) is 0 Å². The molecule has 7 nitrogen and oxygen atoms in total. The summed E-state index contributed by atoms with van der Waals surface area (Å²) in [5.74, 6) is -0.610. The number of hydrogen-bond donors (Lipinski definition) is 1. The van der Waals surface area contributed by atoms with Gasteiger partial charge in [-0.05, 0) is 59.9 Å². The van der Waals surface area contributed by atoms with E-state index in [1.807, 2.05) is 0 Å². The number of nitrogens with zero attached hydrogens (tertiary/aromatic N) is 5. The van der Waals surface area contributed by atoms with E-state index in [-0.39, 0.29) is 24.3 Å². The molecule has 1 amide bonds. The van der Waals surface area contributed by atoms with Gasteiger partial charge in [0.05, 0.1) is 11.7 Å². The standard InChI is InChI=1S/C18H18ClFN6OS/c19-12-4-3-5-13(20)16(12)15(25-7-1-2-8-25)10-21-18(27)17-14(6-9-28-17)26-11-22-23-24-26/h3-6,9,11,15H,1-2,7-8,10H2,(H,21,27). The summed E-state index contributed by atoms with van der Waals surface area (Å²) in [5.41, 5.74) is 1.03. The molecule has 1 fully saturated rings. The van der Waals surface area contributed by atoms with Crippen LogP contribution in [0.1, 0.15) is 34.1 Å². The summed E-state index contributed by atoms with van der Waals surface area (Å²) >= 11 is 7.61. The van der Waals surface area contributed by atoms with Crippen molar-refractivity contribution in [3.05, 3.63) is 57.3 Å². The molecule has 10 heteroatoms. The second-order valence-electron chi connectivity index (χ2n) is 6.49. The summed E-state index contributed by atoms with van der Waals surface area (Å²) in [5, 5.41) is 16.2. The fourth-order valence-corrected chi connectivity index (χ4v) is 4.57. The summed E-state index contributed by atoms with van der Waals surface area (Å²) in [7, 11) is 0. The van der Waals surface area contributed by atoms with Gasteiger partial charge < -0.3 is 5.32 Å². The van der Waals surface area contributed by atoms with Crippen molar-refractivity contribution in [2.24, 2.45) is 0 Å². The van der Waals surface area contributed by atoms with Gasteiger partial charge in [-0.15, -0.1) is 16.4 Å². The number of carbonyl (C=O) groups is 1. The Morgan fingerprint density at radius 3 is 2.86 bits per heavy atom. The van der Waals surface area contributed by atoms with Crippen molar-refractivity contribution >= 4 is 28.8 Å². The Morgan fingerprint density at radius 2 is 2.14 bits per heavy atom. The normalized spacial score (nSPS) is 15.6. The van der Waals surface area contributed by atoms with Crippen molar-refractivity contribution in [2.75, 3.05) is 19.6 Å². The molecule has 0 bridgehead atoms. The van der Waals surface area contributed by atoms with Crippen molar-refractivity contribution in [1.82, 2.24) is 30.4 Å². The number of nitrogens with one attached hydrogen (secondary N) is 1. The van der Waals surface area contributed by atoms with Crippen LogP contribution >= 0.6 is 22.9 Å². The van der Waals surface area contributed by atoms with Crippen LogP contribution in [0.2, 0.25) is 5.02 Å². The minimum absolute atomic E-state index is 0.253. The quantitative estimate of drug-likeness (QED) is 0.663. The molecular formula is C18H18ClFN6OS. The van der Waals surface area contributed by atoms with Gasteiger partial charge in [0.25, 0.3) is 5.91 Å². The average Bonchev–Trinajstić information content (AvgIpc) is 3.45. The van der Waals surface area contributed by atoms with Gasteiger partial charge in [0, 0.05) is 17.1 Å². The first kappa shape index (κ1) is 19.0. The lowest BCUT2D eigenvalue weighted by atomic mass is 10.0. The molecule has 1 saturated heterocycles. The van der Waals surface area contributed by atoms with E-state index < -0.39 is 0 Å². The Labute approximate surface area is 170 Å². The Morgan fingerprint density at radius 1 is 1.32 bits per heavy atom. The fraction of sp³-hybridized carbons (Fsp3) is 0.333. The predicted molar refractivity (Wildman–Crippen MR) is 104 cm³/mol. The number of benzene rings is 1. The summed E-state index contributed by atoms with van der Waals surface area (Å²) < 4.78 is 16.0. The maximum atomic E-state index is 14.6. The second-order valence-corrected chi connectivity index (χ2v) is 7.82. The van der Waals surface area contributed by atoms with Gasteiger partial charge >= 0.3 is 0 Å². The van der Waals surface area contributed by atoms with E-state index in [1.165, 1.54) is 28.4 Å². The molecule has 0 saturated carbocycles. The van der Waals surface area contributed by atoms with Crippen LogP contribution in [0, 0.1) is 5.82 Å². The molecule has 1 N–H and O–H groups in total. The van der Waals surface area contributed by atoms with Crippen LogP contribution in [0.4, 0.5) is 4.39 Å². The lowest BCUT2D eigenvalue weighted by Gasteiger charge is -2.29. The summed E-state index contributed by atoms with van der Waals surface area (Å²) in [6.45, 7) is 1.95.